The molecule has 10 heteroatoms. The summed E-state index contributed by atoms with van der Waals surface area (Å²) in [6.45, 7) is 3.15. The van der Waals surface area contributed by atoms with Gasteiger partial charge in [0.05, 0.1) is 6.10 Å². The molecule has 5 N–H and O–H groups in total. The molecule has 0 saturated carbocycles. The van der Waals surface area contributed by atoms with Gasteiger partial charge in [0.1, 0.15) is 0 Å². The molecule has 0 aliphatic heterocycles. The SMILES string of the molecule is CC(C)OC(=O)NS(=O)(=O)NNC(N)=S. The third kappa shape index (κ3) is 7.90. The first-order valence-corrected chi connectivity index (χ1v) is 5.67. The minimum atomic E-state index is -4.07. The molecule has 0 saturated heterocycles. The average Bonchev–Trinajstić information content (AvgIpc) is 1.98. The molecule has 88 valence electrons. The fourth-order valence-electron chi connectivity index (χ4n) is 0.491. The Bertz CT molecular complexity index is 339. The monoisotopic (exact) mass is 256 g/mol. The quantitative estimate of drug-likeness (QED) is 0.364. The Labute approximate surface area is 92.7 Å². The van der Waals surface area contributed by atoms with Crippen molar-refractivity contribution in [2.75, 3.05) is 0 Å². The highest BCUT2D eigenvalue weighted by Gasteiger charge is 2.15. The summed E-state index contributed by atoms with van der Waals surface area (Å²) in [6.07, 6.45) is -1.52. The van der Waals surface area contributed by atoms with Crippen LogP contribution in [-0.4, -0.2) is 25.7 Å². The normalized spacial score (nSPS) is 10.9. The molecule has 15 heavy (non-hydrogen) atoms. The molecule has 0 radical (unpaired) electrons. The van der Waals surface area contributed by atoms with Gasteiger partial charge in [-0.05, 0) is 26.1 Å². The van der Waals surface area contributed by atoms with Crippen LogP contribution < -0.4 is 20.7 Å². The summed E-state index contributed by atoms with van der Waals surface area (Å²) in [7, 11) is -4.07. The number of rotatable bonds is 4. The van der Waals surface area contributed by atoms with Gasteiger partial charge in [0.2, 0.25) is 0 Å². The fourth-order valence-corrected chi connectivity index (χ4v) is 1.17. The van der Waals surface area contributed by atoms with Gasteiger partial charge in [-0.15, -0.1) is 4.83 Å². The lowest BCUT2D eigenvalue weighted by molar-refractivity contribution is 0.121. The lowest BCUT2D eigenvalue weighted by atomic mass is 10.5. The van der Waals surface area contributed by atoms with Crippen LogP contribution in [0.3, 0.4) is 0 Å². The summed E-state index contributed by atoms with van der Waals surface area (Å²) in [5, 5.41) is -0.280. The first-order chi connectivity index (χ1) is 6.73. The minimum Gasteiger partial charge on any atom is -0.446 e. The molecule has 0 fully saturated rings. The number of carbonyl (C=O) groups excluding carboxylic acids is 1. The third-order valence-corrected chi connectivity index (χ3v) is 1.78. The van der Waals surface area contributed by atoms with Crippen LogP contribution in [0.15, 0.2) is 0 Å². The van der Waals surface area contributed by atoms with Crippen molar-refractivity contribution in [1.29, 1.82) is 0 Å². The van der Waals surface area contributed by atoms with E-state index >= 15 is 0 Å². The van der Waals surface area contributed by atoms with Gasteiger partial charge in [-0.1, -0.05) is 0 Å². The average molecular weight is 256 g/mol. The van der Waals surface area contributed by atoms with Gasteiger partial charge in [-0.25, -0.2) is 9.52 Å². The lowest BCUT2D eigenvalue weighted by Gasteiger charge is -2.10. The zero-order valence-corrected chi connectivity index (χ0v) is 9.74. The van der Waals surface area contributed by atoms with Crippen molar-refractivity contribution in [3.05, 3.63) is 0 Å². The molecule has 0 heterocycles. The number of amides is 1. The van der Waals surface area contributed by atoms with Crippen LogP contribution in [0.1, 0.15) is 13.8 Å². The Morgan fingerprint density at radius 2 is 2.00 bits per heavy atom. The molecular weight excluding hydrogens is 244 g/mol. The van der Waals surface area contributed by atoms with Gasteiger partial charge < -0.3 is 10.5 Å². The van der Waals surface area contributed by atoms with Crippen LogP contribution in [0.5, 0.6) is 0 Å². The molecule has 0 spiro atoms. The van der Waals surface area contributed by atoms with Crippen LogP contribution in [0, 0.1) is 0 Å². The molecule has 0 rings (SSSR count). The van der Waals surface area contributed by atoms with E-state index in [1.54, 1.807) is 23.4 Å². The van der Waals surface area contributed by atoms with Gasteiger partial charge in [0, 0.05) is 0 Å². The predicted octanol–water partition coefficient (Wildman–Crippen LogP) is -1.30. The topological polar surface area (TPSA) is 123 Å². The van der Waals surface area contributed by atoms with E-state index in [1.165, 1.54) is 0 Å². The highest BCUT2D eigenvalue weighted by Crippen LogP contribution is 1.89. The number of nitrogens with one attached hydrogen (secondary N) is 3. The maximum Gasteiger partial charge on any atom is 0.422 e. The molecule has 0 bridgehead atoms. The smallest absolute Gasteiger partial charge is 0.422 e. The maximum atomic E-state index is 11.0. The molecule has 0 atom stereocenters. The van der Waals surface area contributed by atoms with E-state index in [-0.39, 0.29) is 5.11 Å². The summed E-state index contributed by atoms with van der Waals surface area (Å²) in [4.78, 5) is 12.6. The van der Waals surface area contributed by atoms with E-state index in [0.717, 1.165) is 0 Å². The standard InChI is InChI=1S/C5H12N4O4S2/c1-3(2)13-5(10)8-15(11,12)9-7-4(6)14/h3,9H,1-2H3,(H,8,10)(H3,6,7,14). The largest absolute Gasteiger partial charge is 0.446 e. The zero-order chi connectivity index (χ0) is 12.1. The van der Waals surface area contributed by atoms with E-state index in [4.69, 9.17) is 5.73 Å². The van der Waals surface area contributed by atoms with Crippen molar-refractivity contribution in [2.24, 2.45) is 5.73 Å². The highest BCUT2D eigenvalue weighted by molar-refractivity contribution is 7.88. The fraction of sp³-hybridized carbons (Fsp3) is 0.600. The second kappa shape index (κ2) is 5.68. The second-order valence-electron chi connectivity index (χ2n) is 2.65. The third-order valence-electron chi connectivity index (χ3n) is 0.869. The lowest BCUT2D eigenvalue weighted by Crippen LogP contribution is -2.50. The maximum absolute atomic E-state index is 11.0. The Balaban J connectivity index is 4.14. The molecule has 0 aromatic rings. The van der Waals surface area contributed by atoms with Crippen LogP contribution in [-0.2, 0) is 14.9 Å². The van der Waals surface area contributed by atoms with Gasteiger partial charge in [0.15, 0.2) is 5.11 Å². The summed E-state index contributed by atoms with van der Waals surface area (Å²) in [5.41, 5.74) is 6.91. The highest BCUT2D eigenvalue weighted by atomic mass is 32.2. The van der Waals surface area contributed by atoms with Crippen LogP contribution in [0.2, 0.25) is 0 Å². The van der Waals surface area contributed by atoms with E-state index in [1.807, 2.05) is 5.43 Å². The van der Waals surface area contributed by atoms with Gasteiger partial charge in [-0.2, -0.15) is 8.42 Å². The summed E-state index contributed by atoms with van der Waals surface area (Å²) >= 11 is 4.34. The van der Waals surface area contributed by atoms with Crippen LogP contribution >= 0.6 is 12.2 Å². The molecule has 0 aliphatic rings. The van der Waals surface area contributed by atoms with Crippen molar-refractivity contribution in [3.63, 3.8) is 0 Å². The van der Waals surface area contributed by atoms with Gasteiger partial charge in [0.25, 0.3) is 0 Å². The van der Waals surface area contributed by atoms with E-state index in [2.05, 4.69) is 17.0 Å². The number of carbonyl (C=O) groups is 1. The first kappa shape index (κ1) is 13.9. The van der Waals surface area contributed by atoms with Crippen molar-refractivity contribution in [1.82, 2.24) is 15.0 Å². The van der Waals surface area contributed by atoms with E-state index in [9.17, 15) is 13.2 Å². The van der Waals surface area contributed by atoms with Gasteiger partial charge in [-0.3, -0.25) is 5.43 Å². The van der Waals surface area contributed by atoms with Crippen molar-refractivity contribution < 1.29 is 17.9 Å². The Morgan fingerprint density at radius 3 is 2.40 bits per heavy atom. The summed E-state index contributed by atoms with van der Waals surface area (Å²) in [5.74, 6) is 0. The molecule has 1 amide bonds. The molecule has 0 aliphatic carbocycles. The molecule has 0 aromatic heterocycles. The molecular formula is C5H12N4O4S2. The number of hydrazine groups is 1. The molecule has 0 unspecified atom stereocenters. The number of ether oxygens (including phenoxy) is 1. The second-order valence-corrected chi connectivity index (χ2v) is 4.51. The Morgan fingerprint density at radius 1 is 1.47 bits per heavy atom. The number of hydrogen-bond donors (Lipinski definition) is 4. The van der Waals surface area contributed by atoms with Crippen molar-refractivity contribution >= 4 is 33.6 Å². The number of thiocarbonyl (C=S) groups is 1. The minimum absolute atomic E-state index is 0.280. The predicted molar refractivity (Wildman–Crippen MR) is 56.7 cm³/mol. The van der Waals surface area contributed by atoms with Gasteiger partial charge >= 0.3 is 16.3 Å². The molecule has 0 aromatic carbocycles. The zero-order valence-electron chi connectivity index (χ0n) is 8.10. The van der Waals surface area contributed by atoms with Crippen LogP contribution in [0.4, 0.5) is 4.79 Å². The summed E-state index contributed by atoms with van der Waals surface area (Å²) < 4.78 is 28.1. The number of hydrogen-bond acceptors (Lipinski definition) is 5. The van der Waals surface area contributed by atoms with Crippen molar-refractivity contribution in [2.45, 2.75) is 20.0 Å². The Hall–Kier alpha value is -1.13. The van der Waals surface area contributed by atoms with E-state index in [0.29, 0.717) is 0 Å². The first-order valence-electron chi connectivity index (χ1n) is 3.78. The molecule has 8 nitrogen and oxygen atoms in total. The summed E-state index contributed by atoms with van der Waals surface area (Å²) in [6, 6.07) is 0. The van der Waals surface area contributed by atoms with E-state index < -0.39 is 22.4 Å². The van der Waals surface area contributed by atoms with Crippen LogP contribution in [0.25, 0.3) is 0 Å². The Kier molecular flexibility index (Phi) is 5.25. The van der Waals surface area contributed by atoms with Crippen molar-refractivity contribution in [3.8, 4) is 0 Å². The number of nitrogens with two attached hydrogens (primary N) is 1.